The van der Waals surface area contributed by atoms with Crippen molar-refractivity contribution in [3.8, 4) is 0 Å². The molecule has 0 aliphatic rings. The van der Waals surface area contributed by atoms with Crippen molar-refractivity contribution in [2.45, 2.75) is 20.0 Å². The van der Waals surface area contributed by atoms with Crippen LogP contribution in [-0.2, 0) is 13.1 Å². The molecular formula is C9H11BF3KN2O2. The number of hydrogen-bond acceptors (Lipinski definition) is 2. The van der Waals surface area contributed by atoms with Crippen molar-refractivity contribution < 1.29 is 64.3 Å². The van der Waals surface area contributed by atoms with Crippen molar-refractivity contribution in [1.29, 1.82) is 0 Å². The molecule has 0 saturated carbocycles. The Kier molecular flexibility index (Phi) is 6.87. The first kappa shape index (κ1) is 17.9. The van der Waals surface area contributed by atoms with Gasteiger partial charge in [0.15, 0.2) is 0 Å². The number of halogens is 3. The Hall–Kier alpha value is -0.0887. The van der Waals surface area contributed by atoms with Crippen molar-refractivity contribution in [1.82, 2.24) is 9.13 Å². The van der Waals surface area contributed by atoms with E-state index in [0.29, 0.717) is 4.57 Å². The van der Waals surface area contributed by atoms with E-state index >= 15 is 0 Å². The summed E-state index contributed by atoms with van der Waals surface area (Å²) in [5.74, 6) is 0. The normalized spacial score (nSPS) is 10.9. The molecular weight excluding hydrogens is 275 g/mol. The second kappa shape index (κ2) is 6.90. The molecule has 1 heterocycles. The number of allylic oxidation sites excluding steroid dienone is 1. The van der Waals surface area contributed by atoms with Crippen molar-refractivity contribution in [2.75, 3.05) is 0 Å². The predicted molar refractivity (Wildman–Crippen MR) is 58.9 cm³/mol. The van der Waals surface area contributed by atoms with Gasteiger partial charge in [0, 0.05) is 25.4 Å². The molecule has 0 saturated heterocycles. The third-order valence-corrected chi connectivity index (χ3v) is 2.30. The van der Waals surface area contributed by atoms with Crippen LogP contribution in [0.1, 0.15) is 6.92 Å². The van der Waals surface area contributed by atoms with Gasteiger partial charge in [-0.3, -0.25) is 9.36 Å². The van der Waals surface area contributed by atoms with Gasteiger partial charge in [0.25, 0.3) is 5.56 Å². The molecule has 0 radical (unpaired) electrons. The molecule has 0 N–H and O–H groups in total. The molecule has 1 rings (SSSR count). The van der Waals surface area contributed by atoms with Gasteiger partial charge in [-0.05, 0) is 6.92 Å². The van der Waals surface area contributed by atoms with Gasteiger partial charge in [0.1, 0.15) is 0 Å². The number of aryl methyl sites for hydroxylation is 1. The van der Waals surface area contributed by atoms with E-state index in [1.807, 2.05) is 0 Å². The first-order chi connectivity index (χ1) is 7.77. The molecule has 0 spiro atoms. The van der Waals surface area contributed by atoms with Crippen LogP contribution in [0, 0.1) is 0 Å². The molecule has 0 atom stereocenters. The Bertz CT molecular complexity index is 550. The monoisotopic (exact) mass is 286 g/mol. The van der Waals surface area contributed by atoms with E-state index in [-0.39, 0.29) is 57.9 Å². The van der Waals surface area contributed by atoms with Crippen LogP contribution < -0.4 is 62.6 Å². The molecule has 0 amide bonds. The van der Waals surface area contributed by atoms with Crippen LogP contribution in [0.25, 0.3) is 0 Å². The van der Waals surface area contributed by atoms with Crippen LogP contribution in [-0.4, -0.2) is 16.1 Å². The smallest absolute Gasteiger partial charge is 0.445 e. The summed E-state index contributed by atoms with van der Waals surface area (Å²) in [6.45, 7) is -1.28. The van der Waals surface area contributed by atoms with Crippen LogP contribution in [0.3, 0.4) is 0 Å². The quantitative estimate of drug-likeness (QED) is 0.600. The van der Waals surface area contributed by atoms with Gasteiger partial charge < -0.3 is 17.5 Å². The van der Waals surface area contributed by atoms with E-state index in [9.17, 15) is 22.5 Å². The fourth-order valence-electron chi connectivity index (χ4n) is 1.25. The van der Waals surface area contributed by atoms with E-state index in [2.05, 4.69) is 6.58 Å². The summed E-state index contributed by atoms with van der Waals surface area (Å²) in [4.78, 5) is 22.9. The van der Waals surface area contributed by atoms with Crippen LogP contribution in [0.5, 0.6) is 0 Å². The van der Waals surface area contributed by atoms with E-state index in [1.165, 1.54) is 6.20 Å². The van der Waals surface area contributed by atoms with Gasteiger partial charge in [0.05, 0.1) is 0 Å². The number of nitrogens with zero attached hydrogens (tertiary/aromatic N) is 2. The summed E-state index contributed by atoms with van der Waals surface area (Å²) in [5, 5.41) is 0. The third kappa shape index (κ3) is 4.23. The van der Waals surface area contributed by atoms with Crippen molar-refractivity contribution in [3.63, 3.8) is 0 Å². The molecule has 0 fully saturated rings. The number of hydrogen-bond donors (Lipinski definition) is 0. The molecule has 18 heavy (non-hydrogen) atoms. The second-order valence-corrected chi connectivity index (χ2v) is 3.54. The standard InChI is InChI=1S/C9H11BF3N2O2.K/c1-3-14-5-4-8(16)15(9(14)17)6-7(2)10(11,12)13;/h4-5H,2-3,6H2,1H3;/q-1;+1. The summed E-state index contributed by atoms with van der Waals surface area (Å²) in [6.07, 6.45) is 1.25. The van der Waals surface area contributed by atoms with Gasteiger partial charge in [-0.25, -0.2) is 4.79 Å². The van der Waals surface area contributed by atoms with Crippen LogP contribution >= 0.6 is 0 Å². The summed E-state index contributed by atoms with van der Waals surface area (Å²) >= 11 is 0. The summed E-state index contributed by atoms with van der Waals surface area (Å²) in [5.41, 5.74) is -2.60. The minimum atomic E-state index is -5.25. The van der Waals surface area contributed by atoms with E-state index < -0.39 is 30.2 Å². The third-order valence-electron chi connectivity index (χ3n) is 2.30. The van der Waals surface area contributed by atoms with Crippen molar-refractivity contribution in [2.24, 2.45) is 0 Å². The first-order valence-corrected chi connectivity index (χ1v) is 4.95. The van der Waals surface area contributed by atoms with Gasteiger partial charge >= 0.3 is 64.1 Å². The largest absolute Gasteiger partial charge is 1.00 e. The number of aromatic nitrogens is 2. The minimum absolute atomic E-state index is 0. The summed E-state index contributed by atoms with van der Waals surface area (Å²) in [7, 11) is 0. The van der Waals surface area contributed by atoms with Crippen LogP contribution in [0.4, 0.5) is 12.9 Å². The zero-order valence-corrected chi connectivity index (χ0v) is 13.3. The van der Waals surface area contributed by atoms with Crippen molar-refractivity contribution in [3.05, 3.63) is 45.2 Å². The molecule has 94 valence electrons. The minimum Gasteiger partial charge on any atom is -0.445 e. The zero-order chi connectivity index (χ0) is 13.2. The fraction of sp³-hybridized carbons (Fsp3) is 0.333. The van der Waals surface area contributed by atoms with Crippen molar-refractivity contribution >= 4 is 6.98 Å². The summed E-state index contributed by atoms with van der Waals surface area (Å²) in [6, 6.07) is 1.06. The van der Waals surface area contributed by atoms with Gasteiger partial charge in [-0.2, -0.15) is 0 Å². The van der Waals surface area contributed by atoms with E-state index in [4.69, 9.17) is 0 Å². The molecule has 1 aromatic heterocycles. The molecule has 0 aliphatic heterocycles. The Balaban J connectivity index is 0.00000289. The maximum Gasteiger partial charge on any atom is 1.00 e. The maximum absolute atomic E-state index is 12.3. The predicted octanol–water partition coefficient (Wildman–Crippen LogP) is -2.02. The fourth-order valence-corrected chi connectivity index (χ4v) is 1.25. The second-order valence-electron chi connectivity index (χ2n) is 3.54. The molecule has 0 unspecified atom stereocenters. The zero-order valence-electron chi connectivity index (χ0n) is 10.2. The topological polar surface area (TPSA) is 44.0 Å². The SMILES string of the molecule is C=C(Cn1c(=O)ccn(CC)c1=O)[B-](F)(F)F.[K+]. The Morgan fingerprint density at radius 1 is 1.39 bits per heavy atom. The van der Waals surface area contributed by atoms with E-state index in [0.717, 1.165) is 10.6 Å². The molecule has 4 nitrogen and oxygen atoms in total. The molecule has 0 aromatic carbocycles. The van der Waals surface area contributed by atoms with Gasteiger partial charge in [-0.15, -0.1) is 12.1 Å². The van der Waals surface area contributed by atoms with Gasteiger partial charge in [-0.1, -0.05) is 0 Å². The van der Waals surface area contributed by atoms with Crippen LogP contribution in [0.15, 0.2) is 33.9 Å². The average molecular weight is 286 g/mol. The first-order valence-electron chi connectivity index (χ1n) is 4.95. The molecule has 9 heteroatoms. The van der Waals surface area contributed by atoms with Gasteiger partial charge in [0.2, 0.25) is 0 Å². The Labute approximate surface area is 144 Å². The molecule has 0 aliphatic carbocycles. The maximum atomic E-state index is 12.3. The van der Waals surface area contributed by atoms with E-state index in [1.54, 1.807) is 6.92 Å². The Morgan fingerprint density at radius 2 is 1.94 bits per heavy atom. The van der Waals surface area contributed by atoms with Crippen LogP contribution in [0.2, 0.25) is 0 Å². The number of rotatable bonds is 4. The average Bonchev–Trinajstić information content (AvgIpc) is 2.22. The molecule has 1 aromatic rings. The Morgan fingerprint density at radius 3 is 2.39 bits per heavy atom. The summed E-state index contributed by atoms with van der Waals surface area (Å²) < 4.78 is 38.6. The molecule has 0 bridgehead atoms.